The van der Waals surface area contributed by atoms with Gasteiger partial charge in [0, 0.05) is 17.8 Å². The molecule has 1 aromatic rings. The van der Waals surface area contributed by atoms with E-state index in [1.54, 1.807) is 4.98 Å². The van der Waals surface area contributed by atoms with Crippen molar-refractivity contribution in [1.82, 2.24) is 9.55 Å². The molecule has 7 atom stereocenters. The molecule has 0 amide bonds. The second-order valence-electron chi connectivity index (χ2n) is 5.08. The zero-order chi connectivity index (χ0) is 21.2. The van der Waals surface area contributed by atoms with Crippen molar-refractivity contribution in [2.24, 2.45) is 0 Å². The molecule has 0 bridgehead atoms. The zero-order valence-electron chi connectivity index (χ0n) is 13.2. The van der Waals surface area contributed by atoms with Crippen LogP contribution in [0.1, 0.15) is 6.23 Å². The van der Waals surface area contributed by atoms with E-state index >= 15 is 0 Å². The first-order valence-corrected chi connectivity index (χ1v) is 10.6. The van der Waals surface area contributed by atoms with Crippen LogP contribution in [-0.2, 0) is 31.6 Å². The first-order valence-electron chi connectivity index (χ1n) is 6.92. The quantitative estimate of drug-likeness (QED) is 0.282. The van der Waals surface area contributed by atoms with Crippen LogP contribution in [0.4, 0.5) is 4.39 Å². The van der Waals surface area contributed by atoms with Gasteiger partial charge in [0.15, 0.2) is 6.23 Å². The number of aliphatic hydroxyl groups excluding tert-OH is 2. The Morgan fingerprint density at radius 2 is 1.93 bits per heavy atom. The number of aromatic nitrogens is 2. The fraction of sp³-hybridized carbons (Fsp3) is 0.556. The summed E-state index contributed by atoms with van der Waals surface area (Å²) in [6.45, 7) is -0.824. The Balaban J connectivity index is 2.03. The van der Waals surface area contributed by atoms with E-state index in [1.165, 1.54) is 0 Å². The predicted octanol–water partition coefficient (Wildman–Crippen LogP) is -1.25. The van der Waals surface area contributed by atoms with Crippen LogP contribution >= 0.6 is 24.3 Å². The number of nitrogens with zero attached hydrogens (tertiary/aromatic N) is 1. The van der Waals surface area contributed by atoms with Gasteiger partial charge in [-0.2, -0.15) is 4.39 Å². The van der Waals surface area contributed by atoms with Crippen LogP contribution < -0.4 is 11.2 Å². The molecule has 19 heteroatoms. The molecule has 1 aliphatic heterocycles. The van der Waals surface area contributed by atoms with Crippen molar-refractivity contribution in [3.05, 3.63) is 32.9 Å². The van der Waals surface area contributed by atoms with Gasteiger partial charge in [0.05, 0.1) is 6.20 Å². The first kappa shape index (κ1) is 23.0. The van der Waals surface area contributed by atoms with Gasteiger partial charge in [-0.1, -0.05) is 0 Å². The Labute approximate surface area is 154 Å². The Kier molecular flexibility index (Phi) is 7.42. The number of ether oxygens (including phenoxy) is 1. The van der Waals surface area contributed by atoms with E-state index in [0.29, 0.717) is 10.8 Å². The highest BCUT2D eigenvalue weighted by Gasteiger charge is 2.48. The van der Waals surface area contributed by atoms with Gasteiger partial charge in [0.2, 0.25) is 5.82 Å². The lowest BCUT2D eigenvalue weighted by molar-refractivity contribution is -0.0521. The molecule has 1 fully saturated rings. The smallest absolute Gasteiger partial charge is 0.387 e. The standard InChI is InChI=1S/C9H10FN2O13P3/c10-3-1-12(9(16)11-7(3)15)8-6(14)5(13)4(23-8)2-22-27(19)25-28(20,21)24-26(17)18/h1,4-6,8,13-14H,2H2,(H-2,11,15,16,17,18,20,21)/p+2/t4-,5-,6-,8-/m1/s1. The molecule has 2 heterocycles. The summed E-state index contributed by atoms with van der Waals surface area (Å²) in [5, 5.41) is 19.8. The normalized spacial score (nSPS) is 28.0. The van der Waals surface area contributed by atoms with Crippen molar-refractivity contribution >= 4 is 24.3 Å². The van der Waals surface area contributed by atoms with Gasteiger partial charge in [-0.05, 0) is 0 Å². The lowest BCUT2D eigenvalue weighted by Crippen LogP contribution is -2.38. The van der Waals surface area contributed by atoms with Gasteiger partial charge in [-0.15, -0.1) is 9.42 Å². The number of nitrogens with one attached hydrogen (secondary N) is 1. The van der Waals surface area contributed by atoms with E-state index < -0.39 is 72.5 Å². The topological polar surface area (TPSA) is 224 Å². The van der Waals surface area contributed by atoms with Crippen LogP contribution in [-0.4, -0.2) is 54.5 Å². The summed E-state index contributed by atoms with van der Waals surface area (Å²) in [6, 6.07) is 0. The third-order valence-electron chi connectivity index (χ3n) is 3.22. The SMILES string of the molecule is O=c1[nH]c(=O)n([C@@H]2O[C@H](CO[P+](=O)OP(=O)(O)O[P+](=O)O)[C@@H](O)[C@H]2O)cc1F. The highest BCUT2D eigenvalue weighted by molar-refractivity contribution is 7.61. The van der Waals surface area contributed by atoms with E-state index in [1.807, 2.05) is 0 Å². The van der Waals surface area contributed by atoms with Gasteiger partial charge in [0.25, 0.3) is 5.56 Å². The van der Waals surface area contributed by atoms with E-state index in [-0.39, 0.29) is 0 Å². The molecular weight excluding hydrogens is 456 g/mol. The molecule has 5 N–H and O–H groups in total. The highest BCUT2D eigenvalue weighted by atomic mass is 31.3. The minimum atomic E-state index is -5.19. The monoisotopic (exact) mass is 468 g/mol. The van der Waals surface area contributed by atoms with Crippen LogP contribution in [0.2, 0.25) is 0 Å². The average Bonchev–Trinajstić information content (AvgIpc) is 2.82. The van der Waals surface area contributed by atoms with E-state index in [2.05, 4.69) is 13.1 Å². The number of phosphoric acid groups is 1. The number of rotatable bonds is 8. The fourth-order valence-electron chi connectivity index (χ4n) is 2.09. The summed E-state index contributed by atoms with van der Waals surface area (Å²) in [6.07, 6.45) is -6.25. The number of aromatic amines is 1. The molecule has 0 spiro atoms. The van der Waals surface area contributed by atoms with Gasteiger partial charge >= 0.3 is 30.0 Å². The molecule has 3 unspecified atom stereocenters. The number of H-pyrrole nitrogens is 1. The second-order valence-corrected chi connectivity index (χ2v) is 8.50. The maximum absolute atomic E-state index is 13.4. The van der Waals surface area contributed by atoms with Crippen molar-refractivity contribution < 1.29 is 56.0 Å². The first-order chi connectivity index (χ1) is 12.9. The third-order valence-corrected chi connectivity index (χ3v) is 6.33. The van der Waals surface area contributed by atoms with E-state index in [0.717, 1.165) is 0 Å². The molecular formula is C9H12FN2O13P3+2. The zero-order valence-corrected chi connectivity index (χ0v) is 15.9. The van der Waals surface area contributed by atoms with Gasteiger partial charge in [-0.25, -0.2) is 9.36 Å². The van der Waals surface area contributed by atoms with Crippen molar-refractivity contribution in [3.63, 3.8) is 0 Å². The Hall–Kier alpha value is -1.28. The molecule has 28 heavy (non-hydrogen) atoms. The average molecular weight is 468 g/mol. The largest absolute Gasteiger partial charge is 0.708 e. The Morgan fingerprint density at radius 1 is 1.29 bits per heavy atom. The number of hydrogen-bond donors (Lipinski definition) is 5. The van der Waals surface area contributed by atoms with Crippen molar-refractivity contribution in [2.45, 2.75) is 24.5 Å². The molecule has 1 aromatic heterocycles. The summed E-state index contributed by atoms with van der Waals surface area (Å²) in [7, 11) is -12.1. The maximum Gasteiger partial charge on any atom is 0.708 e. The predicted molar refractivity (Wildman–Crippen MR) is 82.6 cm³/mol. The Bertz CT molecular complexity index is 933. The van der Waals surface area contributed by atoms with Crippen LogP contribution in [0.25, 0.3) is 0 Å². The van der Waals surface area contributed by atoms with Crippen molar-refractivity contribution in [1.29, 1.82) is 0 Å². The summed E-state index contributed by atoms with van der Waals surface area (Å²) < 4.78 is 63.8. The highest BCUT2D eigenvalue weighted by Crippen LogP contribution is 2.57. The summed E-state index contributed by atoms with van der Waals surface area (Å²) in [4.78, 5) is 41.7. The van der Waals surface area contributed by atoms with Gasteiger partial charge in [-0.3, -0.25) is 19.2 Å². The number of aliphatic hydroxyl groups is 2. The molecule has 156 valence electrons. The maximum atomic E-state index is 13.4. The molecule has 0 radical (unpaired) electrons. The van der Waals surface area contributed by atoms with Crippen LogP contribution in [0.5, 0.6) is 0 Å². The molecule has 0 saturated carbocycles. The van der Waals surface area contributed by atoms with E-state index in [9.17, 15) is 37.9 Å². The molecule has 1 saturated heterocycles. The van der Waals surface area contributed by atoms with Crippen molar-refractivity contribution in [2.75, 3.05) is 6.61 Å². The van der Waals surface area contributed by atoms with Crippen molar-refractivity contribution in [3.8, 4) is 0 Å². The molecule has 0 aliphatic carbocycles. The number of hydrogen-bond acceptors (Lipinski definition) is 11. The third kappa shape index (κ3) is 5.63. The molecule has 15 nitrogen and oxygen atoms in total. The Morgan fingerprint density at radius 3 is 2.54 bits per heavy atom. The second kappa shape index (κ2) is 9.03. The fourth-order valence-corrected chi connectivity index (χ4v) is 4.32. The van der Waals surface area contributed by atoms with Gasteiger partial charge < -0.3 is 14.9 Å². The summed E-state index contributed by atoms with van der Waals surface area (Å²) in [5.74, 6) is -1.37. The molecule has 2 rings (SSSR count). The lowest BCUT2D eigenvalue weighted by atomic mass is 10.1. The van der Waals surface area contributed by atoms with Crippen LogP contribution in [0.15, 0.2) is 15.8 Å². The van der Waals surface area contributed by atoms with Crippen LogP contribution in [0.3, 0.4) is 0 Å². The summed E-state index contributed by atoms with van der Waals surface area (Å²) in [5.41, 5.74) is -2.47. The minimum Gasteiger partial charge on any atom is -0.387 e. The van der Waals surface area contributed by atoms with Crippen LogP contribution in [0, 0.1) is 5.82 Å². The van der Waals surface area contributed by atoms with Gasteiger partial charge in [0.1, 0.15) is 24.9 Å². The molecule has 1 aliphatic rings. The summed E-state index contributed by atoms with van der Waals surface area (Å²) >= 11 is 0. The lowest BCUT2D eigenvalue weighted by Gasteiger charge is -2.16. The minimum absolute atomic E-state index is 0.435. The number of halogens is 1. The van der Waals surface area contributed by atoms with E-state index in [4.69, 9.17) is 14.5 Å². The molecule has 0 aromatic carbocycles.